The van der Waals surface area contributed by atoms with Gasteiger partial charge in [-0.1, -0.05) is 31.4 Å². The van der Waals surface area contributed by atoms with Gasteiger partial charge in [-0.3, -0.25) is 4.31 Å². The van der Waals surface area contributed by atoms with Gasteiger partial charge in [-0.25, -0.2) is 8.42 Å². The third-order valence-electron chi connectivity index (χ3n) is 4.92. The fourth-order valence-electron chi connectivity index (χ4n) is 2.84. The van der Waals surface area contributed by atoms with Gasteiger partial charge < -0.3 is 9.64 Å². The van der Waals surface area contributed by atoms with Crippen molar-refractivity contribution in [3.63, 3.8) is 0 Å². The molecule has 0 aromatic heterocycles. The van der Waals surface area contributed by atoms with Crippen LogP contribution in [0.15, 0.2) is 53.4 Å². The third kappa shape index (κ3) is 7.21. The van der Waals surface area contributed by atoms with E-state index in [9.17, 15) is 8.42 Å². The Morgan fingerprint density at radius 2 is 1.52 bits per heavy atom. The average molecular weight is 439 g/mol. The number of nitrogens with zero attached hydrogens (tertiary/aromatic N) is 2. The van der Waals surface area contributed by atoms with Crippen molar-refractivity contribution in [3.05, 3.63) is 53.6 Å². The number of halogens is 1. The van der Waals surface area contributed by atoms with Crippen LogP contribution < -0.4 is 9.04 Å². The summed E-state index contributed by atoms with van der Waals surface area (Å²) in [4.78, 5) is 2.53. The molecule has 0 N–H and O–H groups in total. The molecule has 2 aromatic carbocycles. The van der Waals surface area contributed by atoms with E-state index in [-0.39, 0.29) is 4.90 Å². The minimum Gasteiger partial charge on any atom is -0.494 e. The first kappa shape index (κ1) is 23.5. The lowest BCUT2D eigenvalue weighted by Gasteiger charge is -2.20. The van der Waals surface area contributed by atoms with E-state index in [1.54, 1.807) is 36.4 Å². The first-order chi connectivity index (χ1) is 13.8. The molecule has 7 heteroatoms. The van der Waals surface area contributed by atoms with Crippen LogP contribution >= 0.6 is 11.6 Å². The lowest BCUT2D eigenvalue weighted by Crippen LogP contribution is -2.26. The SMILES string of the molecule is CCN(C)CCCCCCOc1ccc(N(C)S(=O)(=O)c2ccc(Cl)cc2)cc1. The Bertz CT molecular complexity index is 839. The zero-order valence-electron chi connectivity index (χ0n) is 17.5. The monoisotopic (exact) mass is 438 g/mol. The molecule has 0 spiro atoms. The van der Waals surface area contributed by atoms with Crippen molar-refractivity contribution in [1.29, 1.82) is 0 Å². The number of hydrogen-bond donors (Lipinski definition) is 0. The third-order valence-corrected chi connectivity index (χ3v) is 6.97. The molecule has 0 amide bonds. The molecule has 0 fully saturated rings. The van der Waals surface area contributed by atoms with E-state index >= 15 is 0 Å². The second-order valence-electron chi connectivity index (χ2n) is 7.08. The van der Waals surface area contributed by atoms with Crippen molar-refractivity contribution in [2.75, 3.05) is 38.1 Å². The molecule has 0 unspecified atom stereocenters. The molecule has 2 aromatic rings. The Morgan fingerprint density at radius 1 is 0.897 bits per heavy atom. The van der Waals surface area contributed by atoms with Gasteiger partial charge >= 0.3 is 0 Å². The van der Waals surface area contributed by atoms with Crippen LogP contribution in [0, 0.1) is 0 Å². The number of sulfonamides is 1. The Kier molecular flexibility index (Phi) is 9.27. The minimum atomic E-state index is -3.63. The van der Waals surface area contributed by atoms with Crippen molar-refractivity contribution in [1.82, 2.24) is 4.90 Å². The Balaban J connectivity index is 1.81. The number of unbranched alkanes of at least 4 members (excludes halogenated alkanes) is 3. The molecule has 0 atom stereocenters. The van der Waals surface area contributed by atoms with E-state index in [0.29, 0.717) is 17.3 Å². The van der Waals surface area contributed by atoms with Crippen LogP contribution in [0.5, 0.6) is 5.75 Å². The molecule has 0 bridgehead atoms. The van der Waals surface area contributed by atoms with Gasteiger partial charge in [0.05, 0.1) is 17.2 Å². The summed E-state index contributed by atoms with van der Waals surface area (Å²) in [6.45, 7) is 5.08. The molecule has 0 heterocycles. The summed E-state index contributed by atoms with van der Waals surface area (Å²) in [6, 6.07) is 13.3. The standard InChI is InChI=1S/C22H31ClN2O3S/c1-4-24(2)17-7-5-6-8-18-28-21-13-11-20(12-14-21)25(3)29(26,27)22-15-9-19(23)10-16-22/h9-16H,4-8,17-18H2,1-3H3. The molecule has 0 aliphatic carbocycles. The van der Waals surface area contributed by atoms with E-state index in [0.717, 1.165) is 31.7 Å². The summed E-state index contributed by atoms with van der Waals surface area (Å²) < 4.78 is 32.5. The highest BCUT2D eigenvalue weighted by Crippen LogP contribution is 2.25. The van der Waals surface area contributed by atoms with Gasteiger partial charge in [-0.2, -0.15) is 0 Å². The lowest BCUT2D eigenvalue weighted by molar-refractivity contribution is 0.299. The highest BCUT2D eigenvalue weighted by atomic mass is 35.5. The molecule has 5 nitrogen and oxygen atoms in total. The van der Waals surface area contributed by atoms with Crippen LogP contribution in [0.3, 0.4) is 0 Å². The van der Waals surface area contributed by atoms with Crippen LogP contribution in [-0.4, -0.2) is 47.1 Å². The predicted molar refractivity (Wildman–Crippen MR) is 121 cm³/mol. The molecule has 0 saturated heterocycles. The van der Waals surface area contributed by atoms with Crippen LogP contribution in [0.4, 0.5) is 5.69 Å². The Morgan fingerprint density at radius 3 is 2.14 bits per heavy atom. The topological polar surface area (TPSA) is 49.9 Å². The smallest absolute Gasteiger partial charge is 0.264 e. The van der Waals surface area contributed by atoms with E-state index in [2.05, 4.69) is 18.9 Å². The van der Waals surface area contributed by atoms with Crippen LogP contribution in [-0.2, 0) is 10.0 Å². The Labute approximate surface area is 180 Å². The van der Waals surface area contributed by atoms with Gasteiger partial charge in [0.2, 0.25) is 0 Å². The van der Waals surface area contributed by atoms with Crippen LogP contribution in [0.2, 0.25) is 5.02 Å². The second-order valence-corrected chi connectivity index (χ2v) is 9.48. The van der Waals surface area contributed by atoms with Gasteiger partial charge in [0, 0.05) is 12.1 Å². The maximum Gasteiger partial charge on any atom is 0.264 e. The largest absolute Gasteiger partial charge is 0.494 e. The maximum absolute atomic E-state index is 12.7. The molecular weight excluding hydrogens is 408 g/mol. The lowest BCUT2D eigenvalue weighted by atomic mass is 10.2. The van der Waals surface area contributed by atoms with Crippen molar-refractivity contribution in [2.24, 2.45) is 0 Å². The Hall–Kier alpha value is -1.76. The van der Waals surface area contributed by atoms with Crippen molar-refractivity contribution < 1.29 is 13.2 Å². The van der Waals surface area contributed by atoms with E-state index in [1.165, 1.54) is 36.3 Å². The fraction of sp³-hybridized carbons (Fsp3) is 0.455. The molecule has 160 valence electrons. The summed E-state index contributed by atoms with van der Waals surface area (Å²) >= 11 is 5.85. The molecule has 29 heavy (non-hydrogen) atoms. The van der Waals surface area contributed by atoms with Gasteiger partial charge in [-0.15, -0.1) is 0 Å². The van der Waals surface area contributed by atoms with Crippen LogP contribution in [0.1, 0.15) is 32.6 Å². The summed E-state index contributed by atoms with van der Waals surface area (Å²) in [5.74, 6) is 0.747. The fourth-order valence-corrected chi connectivity index (χ4v) is 4.16. The maximum atomic E-state index is 12.7. The molecule has 0 aliphatic rings. The normalized spacial score (nSPS) is 11.6. The average Bonchev–Trinajstić information content (AvgIpc) is 2.73. The summed E-state index contributed by atoms with van der Waals surface area (Å²) in [5, 5.41) is 0.501. The zero-order chi connectivity index (χ0) is 21.3. The second kappa shape index (κ2) is 11.4. The highest BCUT2D eigenvalue weighted by molar-refractivity contribution is 7.92. The van der Waals surface area contributed by atoms with Crippen molar-refractivity contribution in [2.45, 2.75) is 37.5 Å². The molecule has 0 saturated carbocycles. The molecule has 0 radical (unpaired) electrons. The summed E-state index contributed by atoms with van der Waals surface area (Å²) in [6.07, 6.45) is 4.59. The molecule has 2 rings (SSSR count). The van der Waals surface area contributed by atoms with Crippen LogP contribution in [0.25, 0.3) is 0 Å². The summed E-state index contributed by atoms with van der Waals surface area (Å²) in [5.41, 5.74) is 0.576. The van der Waals surface area contributed by atoms with Gasteiger partial charge in [0.15, 0.2) is 0 Å². The number of ether oxygens (including phenoxy) is 1. The minimum absolute atomic E-state index is 0.204. The zero-order valence-corrected chi connectivity index (χ0v) is 19.0. The number of anilines is 1. The number of hydrogen-bond acceptors (Lipinski definition) is 4. The van der Waals surface area contributed by atoms with Crippen molar-refractivity contribution >= 4 is 27.3 Å². The highest BCUT2D eigenvalue weighted by Gasteiger charge is 2.21. The van der Waals surface area contributed by atoms with Gasteiger partial charge in [0.25, 0.3) is 10.0 Å². The quantitative estimate of drug-likeness (QED) is 0.435. The number of rotatable bonds is 12. The van der Waals surface area contributed by atoms with Gasteiger partial charge in [-0.05, 0) is 81.5 Å². The number of benzene rings is 2. The first-order valence-electron chi connectivity index (χ1n) is 10.0. The van der Waals surface area contributed by atoms with E-state index in [1.807, 2.05) is 0 Å². The first-order valence-corrected chi connectivity index (χ1v) is 11.8. The summed E-state index contributed by atoms with van der Waals surface area (Å²) in [7, 11) is 0.0520. The predicted octanol–water partition coefficient (Wildman–Crippen LogP) is 5.06. The van der Waals surface area contributed by atoms with E-state index < -0.39 is 10.0 Å². The van der Waals surface area contributed by atoms with E-state index in [4.69, 9.17) is 16.3 Å². The molecular formula is C22H31ClN2O3S. The van der Waals surface area contributed by atoms with Crippen molar-refractivity contribution in [3.8, 4) is 5.75 Å². The molecule has 0 aliphatic heterocycles. The van der Waals surface area contributed by atoms with Gasteiger partial charge in [0.1, 0.15) is 5.75 Å².